The van der Waals surface area contributed by atoms with Gasteiger partial charge in [-0.25, -0.2) is 0 Å². The van der Waals surface area contributed by atoms with E-state index in [4.69, 9.17) is 5.73 Å². The van der Waals surface area contributed by atoms with Gasteiger partial charge in [-0.05, 0) is 68.6 Å². The van der Waals surface area contributed by atoms with Crippen LogP contribution in [0.25, 0.3) is 10.9 Å². The van der Waals surface area contributed by atoms with Crippen molar-refractivity contribution in [2.75, 3.05) is 0 Å². The fourth-order valence-corrected chi connectivity index (χ4v) is 6.38. The van der Waals surface area contributed by atoms with E-state index in [9.17, 15) is 4.79 Å². The lowest BCUT2D eigenvalue weighted by molar-refractivity contribution is -0.122. The van der Waals surface area contributed by atoms with E-state index in [-0.39, 0.29) is 17.9 Å². The maximum Gasteiger partial charge on any atom is 0.221 e. The molecule has 0 spiro atoms. The lowest BCUT2D eigenvalue weighted by Gasteiger charge is -2.27. The molecule has 2 aliphatic rings. The van der Waals surface area contributed by atoms with E-state index in [1.165, 1.54) is 59.7 Å². The monoisotopic (exact) mass is 471 g/mol. The number of carbonyl (C=O) groups excluding carboxylic acids is 1. The molecule has 3 aromatic rings. The summed E-state index contributed by atoms with van der Waals surface area (Å²) in [7, 11) is 0. The molecule has 1 heterocycles. The minimum absolute atomic E-state index is 0.0400. The molecular weight excluding hydrogens is 430 g/mol. The largest absolute Gasteiger partial charge is 0.353 e. The lowest BCUT2D eigenvalue weighted by atomic mass is 9.86. The predicted molar refractivity (Wildman–Crippen MR) is 145 cm³/mol. The van der Waals surface area contributed by atoms with Crippen molar-refractivity contribution in [2.45, 2.75) is 95.7 Å². The molecule has 5 rings (SSSR count). The van der Waals surface area contributed by atoms with Crippen LogP contribution in [0.15, 0.2) is 54.7 Å². The Labute approximate surface area is 210 Å². The summed E-state index contributed by atoms with van der Waals surface area (Å²) in [5.74, 6) is 0.949. The van der Waals surface area contributed by atoms with Crippen LogP contribution in [-0.4, -0.2) is 22.6 Å². The van der Waals surface area contributed by atoms with Crippen molar-refractivity contribution >= 4 is 16.8 Å². The Morgan fingerprint density at radius 3 is 2.54 bits per heavy atom. The van der Waals surface area contributed by atoms with E-state index in [2.05, 4.69) is 71.5 Å². The molecule has 1 amide bonds. The molecule has 2 saturated carbocycles. The van der Waals surface area contributed by atoms with Gasteiger partial charge in [-0.1, -0.05) is 67.3 Å². The van der Waals surface area contributed by atoms with E-state index >= 15 is 0 Å². The Morgan fingerprint density at radius 2 is 1.77 bits per heavy atom. The van der Waals surface area contributed by atoms with Gasteiger partial charge in [0.25, 0.3) is 0 Å². The molecule has 0 saturated heterocycles. The fourth-order valence-electron chi connectivity index (χ4n) is 6.38. The molecule has 4 heteroatoms. The average molecular weight is 472 g/mol. The number of nitrogens with zero attached hydrogens (tertiary/aromatic N) is 1. The van der Waals surface area contributed by atoms with Crippen LogP contribution < -0.4 is 11.1 Å². The van der Waals surface area contributed by atoms with Crippen molar-refractivity contribution in [2.24, 2.45) is 11.7 Å². The minimum Gasteiger partial charge on any atom is -0.353 e. The number of rotatable bonds is 7. The molecule has 1 unspecified atom stereocenters. The molecule has 1 atom stereocenters. The summed E-state index contributed by atoms with van der Waals surface area (Å²) in [4.78, 5) is 13.3. The highest BCUT2D eigenvalue weighted by molar-refractivity contribution is 5.86. The number of nitrogens with one attached hydrogen (secondary N) is 1. The predicted octanol–water partition coefficient (Wildman–Crippen LogP) is 6.44. The summed E-state index contributed by atoms with van der Waals surface area (Å²) < 4.78 is 2.48. The van der Waals surface area contributed by atoms with Crippen molar-refractivity contribution in [3.63, 3.8) is 0 Å². The quantitative estimate of drug-likeness (QED) is 0.417. The van der Waals surface area contributed by atoms with E-state index in [1.54, 1.807) is 0 Å². The van der Waals surface area contributed by atoms with Gasteiger partial charge in [0.15, 0.2) is 0 Å². The topological polar surface area (TPSA) is 60.1 Å². The number of para-hydroxylation sites is 1. The van der Waals surface area contributed by atoms with E-state index in [1.807, 2.05) is 0 Å². The second-order valence-electron chi connectivity index (χ2n) is 11.1. The summed E-state index contributed by atoms with van der Waals surface area (Å²) in [5, 5.41) is 4.63. The van der Waals surface area contributed by atoms with Crippen LogP contribution in [0.5, 0.6) is 0 Å². The molecule has 4 nitrogen and oxygen atoms in total. The van der Waals surface area contributed by atoms with Gasteiger partial charge in [-0.15, -0.1) is 0 Å². The molecule has 1 aromatic heterocycles. The number of hydrogen-bond acceptors (Lipinski definition) is 2. The Balaban J connectivity index is 1.45. The van der Waals surface area contributed by atoms with Crippen LogP contribution in [-0.2, 0) is 11.3 Å². The Morgan fingerprint density at radius 1 is 1.00 bits per heavy atom. The van der Waals surface area contributed by atoms with Crippen LogP contribution in [0.4, 0.5) is 0 Å². The number of carbonyl (C=O) groups is 1. The highest BCUT2D eigenvalue weighted by atomic mass is 16.1. The first-order valence-electron chi connectivity index (χ1n) is 13.8. The van der Waals surface area contributed by atoms with Crippen molar-refractivity contribution in [1.29, 1.82) is 0 Å². The van der Waals surface area contributed by atoms with Gasteiger partial charge < -0.3 is 15.6 Å². The summed E-state index contributed by atoms with van der Waals surface area (Å²) in [5.41, 5.74) is 11.1. The first-order valence-corrected chi connectivity index (χ1v) is 13.8. The number of nitrogens with two attached hydrogens (primary N) is 1. The van der Waals surface area contributed by atoms with Crippen LogP contribution in [0, 0.1) is 12.8 Å². The van der Waals surface area contributed by atoms with Gasteiger partial charge in [0.2, 0.25) is 5.91 Å². The standard InChI is InChI=1S/C31H41N3O/c1-22-8-7-11-24(18-22)28(19-31(35)33-26-16-14-25(32)15-17-26)29-21-34(20-23-9-3-2-4-10-23)30-13-6-5-12-27(29)30/h5-8,11-13,18,21,23,25-26,28H,2-4,9-10,14-17,19-20,32H2,1H3,(H,33,35)/t25-,26-,28?. The summed E-state index contributed by atoms with van der Waals surface area (Å²) >= 11 is 0. The van der Waals surface area contributed by atoms with Gasteiger partial charge in [0.1, 0.15) is 0 Å². The molecule has 35 heavy (non-hydrogen) atoms. The molecular formula is C31H41N3O. The van der Waals surface area contributed by atoms with Crippen molar-refractivity contribution in [1.82, 2.24) is 9.88 Å². The molecule has 0 radical (unpaired) electrons. The van der Waals surface area contributed by atoms with Gasteiger partial charge >= 0.3 is 0 Å². The zero-order valence-electron chi connectivity index (χ0n) is 21.2. The van der Waals surface area contributed by atoms with Gasteiger partial charge in [-0.3, -0.25) is 4.79 Å². The maximum atomic E-state index is 13.3. The number of amides is 1. The molecule has 2 aliphatic carbocycles. The molecule has 2 aromatic carbocycles. The summed E-state index contributed by atoms with van der Waals surface area (Å²) in [6.45, 7) is 3.22. The van der Waals surface area contributed by atoms with E-state index in [0.29, 0.717) is 12.5 Å². The third-order valence-corrected chi connectivity index (χ3v) is 8.35. The molecule has 0 aliphatic heterocycles. The highest BCUT2D eigenvalue weighted by Crippen LogP contribution is 2.36. The molecule has 3 N–H and O–H groups in total. The molecule has 2 fully saturated rings. The number of benzene rings is 2. The second-order valence-corrected chi connectivity index (χ2v) is 11.1. The fraction of sp³-hybridized carbons (Fsp3) is 0.516. The Kier molecular flexibility index (Phi) is 7.57. The maximum absolute atomic E-state index is 13.3. The van der Waals surface area contributed by atoms with Crippen molar-refractivity contribution in [3.8, 4) is 0 Å². The summed E-state index contributed by atoms with van der Waals surface area (Å²) in [6.07, 6.45) is 13.6. The third kappa shape index (κ3) is 5.81. The van der Waals surface area contributed by atoms with Crippen LogP contribution in [0.1, 0.15) is 86.8 Å². The first-order chi connectivity index (χ1) is 17.1. The van der Waals surface area contributed by atoms with E-state index < -0.39 is 0 Å². The lowest BCUT2D eigenvalue weighted by Crippen LogP contribution is -2.40. The summed E-state index contributed by atoms with van der Waals surface area (Å²) in [6, 6.07) is 18.0. The second kappa shape index (κ2) is 11.0. The third-order valence-electron chi connectivity index (χ3n) is 8.35. The normalized spacial score (nSPS) is 22.2. The van der Waals surface area contributed by atoms with Crippen LogP contribution in [0.3, 0.4) is 0 Å². The van der Waals surface area contributed by atoms with E-state index in [0.717, 1.165) is 38.1 Å². The highest BCUT2D eigenvalue weighted by Gasteiger charge is 2.26. The zero-order valence-corrected chi connectivity index (χ0v) is 21.2. The van der Waals surface area contributed by atoms with Crippen molar-refractivity contribution < 1.29 is 4.79 Å². The number of hydrogen-bond donors (Lipinski definition) is 2. The zero-order chi connectivity index (χ0) is 24.2. The van der Waals surface area contributed by atoms with Crippen LogP contribution in [0.2, 0.25) is 0 Å². The first kappa shape index (κ1) is 24.1. The number of aryl methyl sites for hydroxylation is 1. The van der Waals surface area contributed by atoms with Crippen molar-refractivity contribution in [3.05, 3.63) is 71.4 Å². The van der Waals surface area contributed by atoms with Gasteiger partial charge in [-0.2, -0.15) is 0 Å². The Bertz CT molecular complexity index is 1140. The molecule has 186 valence electrons. The number of fused-ring (bicyclic) bond motifs is 1. The van der Waals surface area contributed by atoms with Crippen LogP contribution >= 0.6 is 0 Å². The SMILES string of the molecule is Cc1cccc(C(CC(=O)N[C@H]2CC[C@H](N)CC2)c2cn(CC3CCCCC3)c3ccccc23)c1. The van der Waals surface area contributed by atoms with Gasteiger partial charge in [0, 0.05) is 48.1 Å². The minimum atomic E-state index is 0.0400. The number of aromatic nitrogens is 1. The smallest absolute Gasteiger partial charge is 0.221 e. The van der Waals surface area contributed by atoms with Gasteiger partial charge in [0.05, 0.1) is 0 Å². The Hall–Kier alpha value is -2.59. The average Bonchev–Trinajstić information content (AvgIpc) is 3.23. The molecule has 0 bridgehead atoms.